The van der Waals surface area contributed by atoms with E-state index in [-0.39, 0.29) is 38.2 Å². The van der Waals surface area contributed by atoms with Crippen molar-refractivity contribution in [2.24, 2.45) is 5.41 Å². The van der Waals surface area contributed by atoms with Crippen LogP contribution in [0, 0.1) is 5.41 Å². The molecule has 23 heavy (non-hydrogen) atoms. The Morgan fingerprint density at radius 1 is 0.870 bits per heavy atom. The molecular formula is C14H24O9. The normalized spacial score (nSPS) is 11.4. The van der Waals surface area contributed by atoms with E-state index in [0.29, 0.717) is 12.8 Å². The third-order valence-corrected chi connectivity index (χ3v) is 3.02. The third kappa shape index (κ3) is 12.3. The first kappa shape index (κ1) is 23.3. The lowest BCUT2D eigenvalue weighted by Gasteiger charge is -2.26. The lowest BCUT2D eigenvalue weighted by molar-refractivity contribution is -0.143. The Bertz CT molecular complexity index is 388. The largest absolute Gasteiger partial charge is 0.481 e. The van der Waals surface area contributed by atoms with E-state index in [9.17, 15) is 14.4 Å². The number of carboxylic acids is 3. The molecule has 0 aromatic carbocycles. The number of hydrogen-bond donors (Lipinski definition) is 6. The quantitative estimate of drug-likeness (QED) is 0.293. The summed E-state index contributed by atoms with van der Waals surface area (Å²) < 4.78 is 0. The summed E-state index contributed by atoms with van der Waals surface area (Å²) in [7, 11) is 0. The molecule has 0 amide bonds. The first-order valence-corrected chi connectivity index (χ1v) is 6.80. The molecule has 0 aromatic heterocycles. The summed E-state index contributed by atoms with van der Waals surface area (Å²) in [6.45, 7) is 0.515. The van der Waals surface area contributed by atoms with Crippen LogP contribution in [0.5, 0.6) is 0 Å². The molecule has 134 valence electrons. The number of hydrogen-bond acceptors (Lipinski definition) is 6. The van der Waals surface area contributed by atoms with Crippen molar-refractivity contribution in [1.82, 2.24) is 0 Å². The van der Waals surface area contributed by atoms with Crippen LogP contribution in [0.2, 0.25) is 0 Å². The van der Waals surface area contributed by atoms with Crippen LogP contribution in [0.15, 0.2) is 11.6 Å². The molecule has 6 N–H and O–H groups in total. The van der Waals surface area contributed by atoms with Crippen molar-refractivity contribution in [2.45, 2.75) is 32.6 Å². The highest BCUT2D eigenvalue weighted by atomic mass is 16.4. The van der Waals surface area contributed by atoms with Gasteiger partial charge in [-0.15, -0.1) is 0 Å². The summed E-state index contributed by atoms with van der Waals surface area (Å²) in [6.07, 6.45) is 1.67. The zero-order valence-electron chi connectivity index (χ0n) is 12.9. The smallest absolute Gasteiger partial charge is 0.330 e. The average Bonchev–Trinajstić information content (AvgIpc) is 2.50. The molecule has 0 saturated carbocycles. The lowest BCUT2D eigenvalue weighted by Crippen LogP contribution is -2.33. The van der Waals surface area contributed by atoms with Crippen LogP contribution in [0.4, 0.5) is 0 Å². The van der Waals surface area contributed by atoms with E-state index in [4.69, 9.17) is 30.6 Å². The number of allylic oxidation sites excluding steroid dienone is 1. The number of aliphatic hydroxyl groups is 3. The molecule has 0 rings (SSSR count). The van der Waals surface area contributed by atoms with E-state index >= 15 is 0 Å². The Balaban J connectivity index is 0. The van der Waals surface area contributed by atoms with Crippen LogP contribution in [0.1, 0.15) is 32.6 Å². The van der Waals surface area contributed by atoms with E-state index in [1.54, 1.807) is 0 Å². The molecule has 0 heterocycles. The molecule has 9 heteroatoms. The minimum atomic E-state index is -1.08. The summed E-state index contributed by atoms with van der Waals surface area (Å²) in [5.41, 5.74) is -0.701. The van der Waals surface area contributed by atoms with Crippen LogP contribution in [-0.4, -0.2) is 68.4 Å². The summed E-state index contributed by atoms with van der Waals surface area (Å²) in [5, 5.41) is 51.3. The van der Waals surface area contributed by atoms with E-state index in [0.717, 1.165) is 0 Å². The second-order valence-corrected chi connectivity index (χ2v) is 4.99. The molecule has 0 radical (unpaired) electrons. The molecule has 0 bridgehead atoms. The predicted molar refractivity (Wildman–Crippen MR) is 78.8 cm³/mol. The van der Waals surface area contributed by atoms with Crippen LogP contribution in [0.3, 0.4) is 0 Å². The molecule has 0 unspecified atom stereocenters. The summed E-state index contributed by atoms with van der Waals surface area (Å²) in [5.74, 6) is -3.14. The first-order chi connectivity index (χ1) is 10.6. The van der Waals surface area contributed by atoms with E-state index < -0.39 is 23.3 Å². The second kappa shape index (κ2) is 12.6. The number of aliphatic carboxylic acids is 3. The van der Waals surface area contributed by atoms with Gasteiger partial charge in [0.1, 0.15) is 0 Å². The Morgan fingerprint density at radius 3 is 1.52 bits per heavy atom. The molecule has 0 aromatic rings. The maximum Gasteiger partial charge on any atom is 0.330 e. The highest BCUT2D eigenvalue weighted by Crippen LogP contribution is 2.22. The second-order valence-electron chi connectivity index (χ2n) is 4.99. The van der Waals surface area contributed by atoms with Gasteiger partial charge in [-0.25, -0.2) is 4.79 Å². The topological polar surface area (TPSA) is 173 Å². The number of aliphatic hydroxyl groups excluding tert-OH is 3. The van der Waals surface area contributed by atoms with Crippen molar-refractivity contribution in [2.75, 3.05) is 19.8 Å². The van der Waals surface area contributed by atoms with Crippen LogP contribution >= 0.6 is 0 Å². The van der Waals surface area contributed by atoms with Crippen molar-refractivity contribution in [1.29, 1.82) is 0 Å². The van der Waals surface area contributed by atoms with Crippen molar-refractivity contribution in [3.8, 4) is 0 Å². The number of carbonyl (C=O) groups is 3. The molecule has 0 aliphatic carbocycles. The fourth-order valence-electron chi connectivity index (χ4n) is 1.28. The summed E-state index contributed by atoms with van der Waals surface area (Å²) in [6, 6.07) is 0. The zero-order valence-corrected chi connectivity index (χ0v) is 12.9. The van der Waals surface area contributed by atoms with Crippen LogP contribution in [-0.2, 0) is 14.4 Å². The van der Waals surface area contributed by atoms with Gasteiger partial charge >= 0.3 is 17.9 Å². The lowest BCUT2D eigenvalue weighted by atomic mass is 9.85. The SMILES string of the molecule is CC(=CCCC(CO)(CO)CO)C(=O)O.O=C(O)CCC(=O)O. The van der Waals surface area contributed by atoms with Gasteiger partial charge in [0.15, 0.2) is 0 Å². The van der Waals surface area contributed by atoms with Gasteiger partial charge in [0.25, 0.3) is 0 Å². The first-order valence-electron chi connectivity index (χ1n) is 6.80. The van der Waals surface area contributed by atoms with E-state index in [2.05, 4.69) is 0 Å². The predicted octanol–water partition coefficient (Wildman–Crippen LogP) is -0.303. The number of carboxylic acid groups (broad SMARTS) is 3. The zero-order chi connectivity index (χ0) is 18.5. The molecule has 0 spiro atoms. The minimum absolute atomic E-state index is 0.220. The van der Waals surface area contributed by atoms with Crippen molar-refractivity contribution in [3.05, 3.63) is 11.6 Å². The summed E-state index contributed by atoms with van der Waals surface area (Å²) in [4.78, 5) is 29.7. The fraction of sp³-hybridized carbons (Fsp3) is 0.643. The van der Waals surface area contributed by atoms with Gasteiger partial charge in [0, 0.05) is 11.0 Å². The standard InChI is InChI=1S/C10H18O5.C4H6O4/c1-8(9(14)15)3-2-4-10(5-11,6-12)7-13;5-3(6)1-2-4(7)8/h3,11-13H,2,4-7H2,1H3,(H,14,15);1-2H2,(H,5,6)(H,7,8). The Kier molecular flexibility index (Phi) is 12.7. The van der Waals surface area contributed by atoms with Gasteiger partial charge in [0.2, 0.25) is 0 Å². The van der Waals surface area contributed by atoms with Crippen molar-refractivity contribution >= 4 is 17.9 Å². The maximum atomic E-state index is 10.4. The molecule has 0 saturated heterocycles. The molecule has 0 aliphatic heterocycles. The van der Waals surface area contributed by atoms with E-state index in [1.165, 1.54) is 13.0 Å². The van der Waals surface area contributed by atoms with Gasteiger partial charge < -0.3 is 30.6 Å². The Labute approximate surface area is 133 Å². The van der Waals surface area contributed by atoms with Crippen molar-refractivity contribution < 1.29 is 45.0 Å². The van der Waals surface area contributed by atoms with Crippen LogP contribution in [0.25, 0.3) is 0 Å². The third-order valence-electron chi connectivity index (χ3n) is 3.02. The van der Waals surface area contributed by atoms with Gasteiger partial charge in [0.05, 0.1) is 32.7 Å². The van der Waals surface area contributed by atoms with Gasteiger partial charge in [-0.05, 0) is 19.8 Å². The van der Waals surface area contributed by atoms with Crippen LogP contribution < -0.4 is 0 Å². The molecule has 0 atom stereocenters. The Hall–Kier alpha value is -1.97. The van der Waals surface area contributed by atoms with Gasteiger partial charge in [-0.1, -0.05) is 6.08 Å². The summed E-state index contributed by atoms with van der Waals surface area (Å²) >= 11 is 0. The molecular weight excluding hydrogens is 312 g/mol. The maximum absolute atomic E-state index is 10.4. The monoisotopic (exact) mass is 336 g/mol. The molecule has 0 fully saturated rings. The van der Waals surface area contributed by atoms with Gasteiger partial charge in [-0.3, -0.25) is 9.59 Å². The Morgan fingerprint density at radius 2 is 1.26 bits per heavy atom. The van der Waals surface area contributed by atoms with Gasteiger partial charge in [-0.2, -0.15) is 0 Å². The molecule has 0 aliphatic rings. The average molecular weight is 336 g/mol. The minimum Gasteiger partial charge on any atom is -0.481 e. The molecule has 9 nitrogen and oxygen atoms in total. The fourth-order valence-corrected chi connectivity index (χ4v) is 1.28. The highest BCUT2D eigenvalue weighted by Gasteiger charge is 2.26. The number of rotatable bonds is 10. The van der Waals surface area contributed by atoms with E-state index in [1.807, 2.05) is 0 Å². The van der Waals surface area contributed by atoms with Crippen molar-refractivity contribution in [3.63, 3.8) is 0 Å². The highest BCUT2D eigenvalue weighted by molar-refractivity contribution is 5.85.